The number of hydrogen-bond acceptors (Lipinski definition) is 4. The van der Waals surface area contributed by atoms with Crippen molar-refractivity contribution in [2.45, 2.75) is 13.0 Å². The summed E-state index contributed by atoms with van der Waals surface area (Å²) in [7, 11) is 0. The quantitative estimate of drug-likeness (QED) is 0.802. The zero-order valence-corrected chi connectivity index (χ0v) is 11.6. The summed E-state index contributed by atoms with van der Waals surface area (Å²) < 4.78 is 6.62. The number of H-pyrrole nitrogens is 1. The molecule has 1 saturated heterocycles. The van der Waals surface area contributed by atoms with Crippen LogP contribution in [0.4, 0.5) is 5.82 Å². The molecule has 0 aliphatic carbocycles. The van der Waals surface area contributed by atoms with Crippen LogP contribution in [0.15, 0.2) is 12.3 Å². The summed E-state index contributed by atoms with van der Waals surface area (Å²) in [5.74, 6) is 1.00. The molecule has 0 saturated carbocycles. The smallest absolute Gasteiger partial charge is 0.158 e. The number of nitrogens with zero attached hydrogens (tertiary/aromatic N) is 3. The molecule has 3 heterocycles. The maximum absolute atomic E-state index is 5.44. The molecule has 2 aromatic heterocycles. The van der Waals surface area contributed by atoms with Crippen LogP contribution >= 0.6 is 22.6 Å². The van der Waals surface area contributed by atoms with E-state index in [0.717, 1.165) is 36.6 Å². The first kappa shape index (κ1) is 11.2. The van der Waals surface area contributed by atoms with Crippen molar-refractivity contribution in [2.24, 2.45) is 0 Å². The average Bonchev–Trinajstić information content (AvgIpc) is 2.78. The summed E-state index contributed by atoms with van der Waals surface area (Å²) in [6, 6.07) is 2.48. The number of fused-ring (bicyclic) bond motifs is 1. The number of halogens is 1. The molecular formula is C11H13IN4O. The Hall–Kier alpha value is -0.890. The predicted molar refractivity (Wildman–Crippen MR) is 74.2 cm³/mol. The summed E-state index contributed by atoms with van der Waals surface area (Å²) in [4.78, 5) is 6.90. The number of rotatable bonds is 1. The molecule has 1 aliphatic rings. The van der Waals surface area contributed by atoms with Gasteiger partial charge in [0.05, 0.1) is 30.8 Å². The molecule has 1 atom stereocenters. The Bertz CT molecular complexity index is 541. The van der Waals surface area contributed by atoms with Gasteiger partial charge >= 0.3 is 0 Å². The summed E-state index contributed by atoms with van der Waals surface area (Å²) in [6.07, 6.45) is 1.82. The lowest BCUT2D eigenvalue weighted by Crippen LogP contribution is -2.44. The highest BCUT2D eigenvalue weighted by Gasteiger charge is 2.21. The number of pyridine rings is 1. The third-order valence-electron chi connectivity index (χ3n) is 3.02. The molecule has 3 rings (SSSR count). The molecule has 1 fully saturated rings. The molecule has 1 aliphatic heterocycles. The molecule has 0 aromatic carbocycles. The maximum Gasteiger partial charge on any atom is 0.158 e. The van der Waals surface area contributed by atoms with Crippen molar-refractivity contribution in [3.8, 4) is 0 Å². The third kappa shape index (κ3) is 1.99. The largest absolute Gasteiger partial charge is 0.377 e. The standard InChI is InChI=1S/C11H13IN4O/c1-7-6-17-3-2-16(7)10-4-9(12)8-5-13-15-11(8)14-10/h4-5,7H,2-3,6H2,1H3,(H,13,14,15)/t7-/m1/s1. The lowest BCUT2D eigenvalue weighted by atomic mass is 10.2. The van der Waals surface area contributed by atoms with Gasteiger partial charge in [0, 0.05) is 10.1 Å². The van der Waals surface area contributed by atoms with E-state index in [9.17, 15) is 0 Å². The van der Waals surface area contributed by atoms with Gasteiger partial charge in [-0.1, -0.05) is 0 Å². The minimum atomic E-state index is 0.368. The molecule has 0 amide bonds. The van der Waals surface area contributed by atoms with Crippen LogP contribution in [0.1, 0.15) is 6.92 Å². The van der Waals surface area contributed by atoms with Gasteiger partial charge in [0.15, 0.2) is 5.65 Å². The lowest BCUT2D eigenvalue weighted by molar-refractivity contribution is 0.0985. The highest BCUT2D eigenvalue weighted by molar-refractivity contribution is 14.1. The first-order valence-electron chi connectivity index (χ1n) is 5.60. The van der Waals surface area contributed by atoms with Crippen molar-refractivity contribution in [2.75, 3.05) is 24.7 Å². The van der Waals surface area contributed by atoms with Gasteiger partial charge in [0.1, 0.15) is 5.82 Å². The van der Waals surface area contributed by atoms with E-state index >= 15 is 0 Å². The second-order valence-corrected chi connectivity index (χ2v) is 5.37. The van der Waals surface area contributed by atoms with Crippen molar-refractivity contribution in [3.63, 3.8) is 0 Å². The average molecular weight is 344 g/mol. The highest BCUT2D eigenvalue weighted by atomic mass is 127. The van der Waals surface area contributed by atoms with Crippen LogP contribution in [-0.2, 0) is 4.74 Å². The molecule has 6 heteroatoms. The summed E-state index contributed by atoms with van der Waals surface area (Å²) in [5.41, 5.74) is 0.852. The highest BCUT2D eigenvalue weighted by Crippen LogP contribution is 2.24. The topological polar surface area (TPSA) is 54.0 Å². The van der Waals surface area contributed by atoms with Crippen LogP contribution in [0.3, 0.4) is 0 Å². The molecule has 17 heavy (non-hydrogen) atoms. The molecular weight excluding hydrogens is 331 g/mol. The van der Waals surface area contributed by atoms with Gasteiger partial charge in [-0.05, 0) is 35.6 Å². The van der Waals surface area contributed by atoms with Gasteiger partial charge in [-0.25, -0.2) is 4.98 Å². The maximum atomic E-state index is 5.44. The molecule has 0 radical (unpaired) electrons. The summed E-state index contributed by atoms with van der Waals surface area (Å²) in [5, 5.41) is 8.04. The molecule has 2 aromatic rings. The number of aromatic amines is 1. The van der Waals surface area contributed by atoms with Gasteiger partial charge in [0.2, 0.25) is 0 Å². The van der Waals surface area contributed by atoms with Gasteiger partial charge in [0.25, 0.3) is 0 Å². The van der Waals surface area contributed by atoms with Gasteiger partial charge in [-0.3, -0.25) is 5.10 Å². The second kappa shape index (κ2) is 4.41. The van der Waals surface area contributed by atoms with E-state index < -0.39 is 0 Å². The van der Waals surface area contributed by atoms with E-state index in [1.54, 1.807) is 0 Å². The molecule has 5 nitrogen and oxygen atoms in total. The first-order chi connectivity index (χ1) is 8.25. The number of aromatic nitrogens is 3. The molecule has 1 N–H and O–H groups in total. The van der Waals surface area contributed by atoms with Crippen LogP contribution in [0.5, 0.6) is 0 Å². The van der Waals surface area contributed by atoms with E-state index in [2.05, 4.69) is 55.7 Å². The Labute approximate surface area is 113 Å². The SMILES string of the molecule is C[C@@H]1COCCN1c1cc(I)c2cn[nH]c2n1. The van der Waals surface area contributed by atoms with Crippen LogP contribution in [-0.4, -0.2) is 41.0 Å². The van der Waals surface area contributed by atoms with Crippen molar-refractivity contribution in [1.29, 1.82) is 0 Å². The normalized spacial score (nSPS) is 21.1. The van der Waals surface area contributed by atoms with E-state index in [-0.39, 0.29) is 0 Å². The number of nitrogens with one attached hydrogen (secondary N) is 1. The number of morpholine rings is 1. The van der Waals surface area contributed by atoms with Crippen LogP contribution in [0, 0.1) is 3.57 Å². The monoisotopic (exact) mass is 344 g/mol. The van der Waals surface area contributed by atoms with Crippen LogP contribution < -0.4 is 4.90 Å². The van der Waals surface area contributed by atoms with Crippen molar-refractivity contribution in [3.05, 3.63) is 15.8 Å². The van der Waals surface area contributed by atoms with Crippen molar-refractivity contribution >= 4 is 39.4 Å². The molecule has 90 valence electrons. The van der Waals surface area contributed by atoms with Gasteiger partial charge < -0.3 is 9.64 Å². The Morgan fingerprint density at radius 1 is 1.59 bits per heavy atom. The van der Waals surface area contributed by atoms with E-state index in [0.29, 0.717) is 6.04 Å². The predicted octanol–water partition coefficient (Wildman–Crippen LogP) is 1.79. The number of anilines is 1. The van der Waals surface area contributed by atoms with Crippen LogP contribution in [0.25, 0.3) is 11.0 Å². The minimum Gasteiger partial charge on any atom is -0.377 e. The van der Waals surface area contributed by atoms with Crippen molar-refractivity contribution in [1.82, 2.24) is 15.2 Å². The summed E-state index contributed by atoms with van der Waals surface area (Å²) >= 11 is 2.33. The fraction of sp³-hybridized carbons (Fsp3) is 0.455. The third-order valence-corrected chi connectivity index (χ3v) is 3.91. The van der Waals surface area contributed by atoms with Gasteiger partial charge in [-0.2, -0.15) is 5.10 Å². The number of hydrogen-bond donors (Lipinski definition) is 1. The van der Waals surface area contributed by atoms with Gasteiger partial charge in [-0.15, -0.1) is 0 Å². The Morgan fingerprint density at radius 3 is 3.29 bits per heavy atom. The fourth-order valence-electron chi connectivity index (χ4n) is 2.09. The molecule has 0 bridgehead atoms. The van der Waals surface area contributed by atoms with E-state index in [1.165, 1.54) is 3.57 Å². The Morgan fingerprint density at radius 2 is 2.47 bits per heavy atom. The van der Waals surface area contributed by atoms with Crippen molar-refractivity contribution < 1.29 is 4.74 Å². The van der Waals surface area contributed by atoms with E-state index in [4.69, 9.17) is 4.74 Å². The number of ether oxygens (including phenoxy) is 1. The molecule has 0 spiro atoms. The first-order valence-corrected chi connectivity index (χ1v) is 6.67. The Kier molecular flexibility index (Phi) is 2.91. The fourth-order valence-corrected chi connectivity index (χ4v) is 2.77. The Balaban J connectivity index is 2.04. The van der Waals surface area contributed by atoms with E-state index in [1.807, 2.05) is 6.20 Å². The minimum absolute atomic E-state index is 0.368. The van der Waals surface area contributed by atoms with Crippen LogP contribution in [0.2, 0.25) is 0 Å². The second-order valence-electron chi connectivity index (χ2n) is 4.21. The zero-order valence-electron chi connectivity index (χ0n) is 9.48. The zero-order chi connectivity index (χ0) is 11.8. The molecule has 0 unspecified atom stereocenters. The lowest BCUT2D eigenvalue weighted by Gasteiger charge is -2.34. The summed E-state index contributed by atoms with van der Waals surface area (Å²) in [6.45, 7) is 4.58.